The topological polar surface area (TPSA) is 47.9 Å². The van der Waals surface area contributed by atoms with Gasteiger partial charge >= 0.3 is 0 Å². The van der Waals surface area contributed by atoms with Gasteiger partial charge in [0.1, 0.15) is 6.10 Å². The Kier molecular flexibility index (Phi) is 4.82. The van der Waals surface area contributed by atoms with E-state index in [1.807, 2.05) is 13.8 Å². The molecule has 0 spiro atoms. The monoisotopic (exact) mass is 438 g/mol. The Balaban J connectivity index is 1.64. The molecule has 1 N–H and O–H groups in total. The maximum Gasteiger partial charge on any atom is 0.261 e. The number of aliphatic hydroxyl groups is 1. The first-order valence-electron chi connectivity index (χ1n) is 11.4. The van der Waals surface area contributed by atoms with Crippen molar-refractivity contribution in [2.24, 2.45) is 11.3 Å². The number of rotatable bonds is 5. The summed E-state index contributed by atoms with van der Waals surface area (Å²) in [5, 5.41) is 12.8. The van der Waals surface area contributed by atoms with Gasteiger partial charge < -0.3 is 19.0 Å². The van der Waals surface area contributed by atoms with Gasteiger partial charge in [-0.3, -0.25) is 0 Å². The molecule has 1 heterocycles. The van der Waals surface area contributed by atoms with Crippen LogP contribution < -0.4 is 10.4 Å². The highest BCUT2D eigenvalue weighted by atomic mass is 28.4. The molecule has 0 amide bonds. The molecule has 2 aromatic rings. The van der Waals surface area contributed by atoms with Gasteiger partial charge in [0.25, 0.3) is 8.32 Å². The number of fused-ring (bicyclic) bond motifs is 3. The molecule has 2 aliphatic carbocycles. The standard InChI is InChI=1S/C26H34O4Si/c1-24(2,3)31(18-12-8-6-9-13-18,19-14-10-7-11-15-19)30-21-20-16-26(20,17-27)23-22(21)28-25(4,5)29-23/h6-15,20-23,27H,16-17H2,1-5H3/t20-,21+,22+,23+,26+/m1/s1. The average molecular weight is 439 g/mol. The SMILES string of the molecule is CC1(C)O[C@H]2[C@@H](O[Si](c3ccccc3)(c3ccccc3)C(C)(C)C)[C@H]3C[C@@]3(CO)[C@H]2O1. The van der Waals surface area contributed by atoms with E-state index in [0.717, 1.165) is 6.42 Å². The quantitative estimate of drug-likeness (QED) is 0.727. The number of aliphatic hydroxyl groups excluding tert-OH is 1. The highest BCUT2D eigenvalue weighted by Gasteiger charge is 2.76. The fourth-order valence-electron chi connectivity index (χ4n) is 6.14. The summed E-state index contributed by atoms with van der Waals surface area (Å²) in [6, 6.07) is 21.5. The molecule has 5 atom stereocenters. The Morgan fingerprint density at radius 1 is 0.968 bits per heavy atom. The van der Waals surface area contributed by atoms with Crippen molar-refractivity contribution in [3.63, 3.8) is 0 Å². The molecular weight excluding hydrogens is 404 g/mol. The molecule has 3 aliphatic rings. The third-order valence-corrected chi connectivity index (χ3v) is 12.6. The second-order valence-electron chi connectivity index (χ2n) is 11.0. The minimum atomic E-state index is -2.70. The second-order valence-corrected chi connectivity index (χ2v) is 15.2. The summed E-state index contributed by atoms with van der Waals surface area (Å²) in [5.41, 5.74) is -0.228. The molecular formula is C26H34O4Si. The van der Waals surface area contributed by atoms with E-state index in [-0.39, 0.29) is 41.3 Å². The summed E-state index contributed by atoms with van der Waals surface area (Å²) in [7, 11) is -2.70. The molecule has 1 saturated heterocycles. The third-order valence-electron chi connectivity index (χ3n) is 7.62. The van der Waals surface area contributed by atoms with Crippen molar-refractivity contribution in [1.29, 1.82) is 0 Å². The van der Waals surface area contributed by atoms with E-state index >= 15 is 0 Å². The minimum absolute atomic E-state index is 0.0924. The summed E-state index contributed by atoms with van der Waals surface area (Å²) in [6.45, 7) is 11.0. The normalized spacial score (nSPS) is 33.7. The first-order valence-corrected chi connectivity index (χ1v) is 13.3. The molecule has 0 bridgehead atoms. The summed E-state index contributed by atoms with van der Waals surface area (Å²) >= 11 is 0. The number of benzene rings is 2. The van der Waals surface area contributed by atoms with Crippen LogP contribution in [0.5, 0.6) is 0 Å². The highest BCUT2D eigenvalue weighted by Crippen LogP contribution is 2.68. The first kappa shape index (κ1) is 21.3. The van der Waals surface area contributed by atoms with E-state index in [4.69, 9.17) is 13.9 Å². The van der Waals surface area contributed by atoms with Gasteiger partial charge in [-0.15, -0.1) is 0 Å². The van der Waals surface area contributed by atoms with Crippen LogP contribution in [0.4, 0.5) is 0 Å². The van der Waals surface area contributed by atoms with Gasteiger partial charge in [0.2, 0.25) is 0 Å². The van der Waals surface area contributed by atoms with Gasteiger partial charge in [-0.25, -0.2) is 0 Å². The lowest BCUT2D eigenvalue weighted by molar-refractivity contribution is -0.167. The highest BCUT2D eigenvalue weighted by molar-refractivity contribution is 6.99. The van der Waals surface area contributed by atoms with E-state index in [2.05, 4.69) is 81.4 Å². The Morgan fingerprint density at radius 3 is 2.00 bits per heavy atom. The minimum Gasteiger partial charge on any atom is -0.401 e. The van der Waals surface area contributed by atoms with Crippen LogP contribution in [-0.2, 0) is 13.9 Å². The Morgan fingerprint density at radius 2 is 1.52 bits per heavy atom. The van der Waals surface area contributed by atoms with Crippen LogP contribution in [0.1, 0.15) is 41.0 Å². The molecule has 2 aromatic carbocycles. The molecule has 0 radical (unpaired) electrons. The molecule has 5 rings (SSSR count). The fraction of sp³-hybridized carbons (Fsp3) is 0.538. The molecule has 1 aliphatic heterocycles. The van der Waals surface area contributed by atoms with Crippen molar-refractivity contribution in [2.75, 3.05) is 6.61 Å². The summed E-state index contributed by atoms with van der Waals surface area (Å²) < 4.78 is 20.2. The molecule has 0 aromatic heterocycles. The van der Waals surface area contributed by atoms with Crippen molar-refractivity contribution in [1.82, 2.24) is 0 Å². The second kappa shape index (κ2) is 7.00. The van der Waals surface area contributed by atoms with Crippen LogP contribution in [-0.4, -0.2) is 44.1 Å². The van der Waals surface area contributed by atoms with Crippen molar-refractivity contribution in [3.8, 4) is 0 Å². The summed E-state index contributed by atoms with van der Waals surface area (Å²) in [5.74, 6) is -0.386. The third kappa shape index (κ3) is 3.09. The fourth-order valence-corrected chi connectivity index (χ4v) is 10.9. The molecule has 31 heavy (non-hydrogen) atoms. The van der Waals surface area contributed by atoms with E-state index in [1.165, 1.54) is 10.4 Å². The van der Waals surface area contributed by atoms with Crippen molar-refractivity contribution in [3.05, 3.63) is 60.7 Å². The molecule has 4 nitrogen and oxygen atoms in total. The molecule has 3 fully saturated rings. The number of hydrogen-bond acceptors (Lipinski definition) is 4. The zero-order chi connectivity index (χ0) is 22.1. The van der Waals surface area contributed by atoms with Crippen LogP contribution in [0, 0.1) is 11.3 Å². The maximum atomic E-state index is 10.3. The lowest BCUT2D eigenvalue weighted by Crippen LogP contribution is -2.68. The van der Waals surface area contributed by atoms with Gasteiger partial charge in [-0.05, 0) is 41.6 Å². The Hall–Kier alpha value is -1.50. The molecule has 0 unspecified atom stereocenters. The van der Waals surface area contributed by atoms with Crippen LogP contribution in [0.25, 0.3) is 0 Å². The van der Waals surface area contributed by atoms with Gasteiger partial charge in [0, 0.05) is 5.41 Å². The Bertz CT molecular complexity index is 899. The van der Waals surface area contributed by atoms with Gasteiger partial charge in [-0.2, -0.15) is 0 Å². The van der Waals surface area contributed by atoms with Crippen molar-refractivity contribution < 1.29 is 19.0 Å². The molecule has 2 saturated carbocycles. The van der Waals surface area contributed by atoms with Crippen LogP contribution in [0.2, 0.25) is 5.04 Å². The number of hydrogen-bond donors (Lipinski definition) is 1. The van der Waals surface area contributed by atoms with E-state index < -0.39 is 14.1 Å². The van der Waals surface area contributed by atoms with E-state index in [0.29, 0.717) is 0 Å². The van der Waals surface area contributed by atoms with E-state index in [1.54, 1.807) is 0 Å². The van der Waals surface area contributed by atoms with Crippen LogP contribution in [0.15, 0.2) is 60.7 Å². The van der Waals surface area contributed by atoms with Gasteiger partial charge in [-0.1, -0.05) is 81.4 Å². The maximum absolute atomic E-state index is 10.3. The Labute approximate surface area is 186 Å². The summed E-state index contributed by atoms with van der Waals surface area (Å²) in [4.78, 5) is 0. The smallest absolute Gasteiger partial charge is 0.261 e. The summed E-state index contributed by atoms with van der Waals surface area (Å²) in [6.07, 6.45) is 0.584. The molecule has 5 heteroatoms. The molecule has 166 valence electrons. The number of ether oxygens (including phenoxy) is 2. The van der Waals surface area contributed by atoms with Crippen LogP contribution >= 0.6 is 0 Å². The van der Waals surface area contributed by atoms with Crippen LogP contribution in [0.3, 0.4) is 0 Å². The largest absolute Gasteiger partial charge is 0.401 e. The van der Waals surface area contributed by atoms with Crippen molar-refractivity contribution in [2.45, 2.75) is 70.2 Å². The van der Waals surface area contributed by atoms with E-state index in [9.17, 15) is 5.11 Å². The zero-order valence-corrected chi connectivity index (χ0v) is 20.2. The van der Waals surface area contributed by atoms with Gasteiger partial charge in [0.15, 0.2) is 5.79 Å². The predicted octanol–water partition coefficient (Wildman–Crippen LogP) is 3.46. The van der Waals surface area contributed by atoms with Crippen molar-refractivity contribution >= 4 is 18.7 Å². The predicted molar refractivity (Wildman–Crippen MR) is 124 cm³/mol. The first-order chi connectivity index (χ1) is 14.6. The lowest BCUT2D eigenvalue weighted by atomic mass is 10.0. The zero-order valence-electron chi connectivity index (χ0n) is 19.2. The lowest BCUT2D eigenvalue weighted by Gasteiger charge is -2.45. The average Bonchev–Trinajstić information content (AvgIpc) is 3.31. The van der Waals surface area contributed by atoms with Gasteiger partial charge in [0.05, 0.1) is 18.8 Å².